The number of hydrogen-bond donors (Lipinski definition) is 1. The van der Waals surface area contributed by atoms with Crippen molar-refractivity contribution < 1.29 is 0 Å². The van der Waals surface area contributed by atoms with Crippen LogP contribution in [0, 0.1) is 0 Å². The van der Waals surface area contributed by atoms with Crippen molar-refractivity contribution in [1.29, 1.82) is 0 Å². The van der Waals surface area contributed by atoms with E-state index in [0.717, 1.165) is 23.7 Å². The molecule has 20 heavy (non-hydrogen) atoms. The third kappa shape index (κ3) is 2.81. The Hall–Kier alpha value is -1.91. The van der Waals surface area contributed by atoms with Gasteiger partial charge < -0.3 is 10.6 Å². The van der Waals surface area contributed by atoms with Gasteiger partial charge in [-0.2, -0.15) is 0 Å². The van der Waals surface area contributed by atoms with E-state index < -0.39 is 0 Å². The molecule has 1 heterocycles. The first kappa shape index (κ1) is 13.1. The highest BCUT2D eigenvalue weighted by atomic mass is 32.1. The van der Waals surface area contributed by atoms with Crippen LogP contribution in [0.5, 0.6) is 0 Å². The number of hydrogen-bond acceptors (Lipinski definition) is 4. The second-order valence-corrected chi connectivity index (χ2v) is 5.67. The molecule has 3 aromatic rings. The quantitative estimate of drug-likeness (QED) is 0.781. The van der Waals surface area contributed by atoms with Crippen molar-refractivity contribution in [3.05, 3.63) is 60.2 Å². The third-order valence-corrected chi connectivity index (χ3v) is 4.27. The lowest BCUT2D eigenvalue weighted by atomic mass is 10.2. The van der Waals surface area contributed by atoms with Gasteiger partial charge in [0.25, 0.3) is 0 Å². The minimum Gasteiger partial charge on any atom is -0.342 e. The van der Waals surface area contributed by atoms with Crippen LogP contribution in [0.4, 0.5) is 5.13 Å². The molecule has 0 aliphatic rings. The van der Waals surface area contributed by atoms with E-state index in [-0.39, 0.29) is 0 Å². The first-order valence-corrected chi connectivity index (χ1v) is 7.53. The van der Waals surface area contributed by atoms with Crippen molar-refractivity contribution in [3.8, 4) is 0 Å². The van der Waals surface area contributed by atoms with Crippen molar-refractivity contribution in [2.24, 2.45) is 5.73 Å². The minimum atomic E-state index is 0.628. The lowest BCUT2D eigenvalue weighted by molar-refractivity contribution is 0.787. The number of benzene rings is 2. The summed E-state index contributed by atoms with van der Waals surface area (Å²) in [5.41, 5.74) is 8.09. The van der Waals surface area contributed by atoms with Crippen molar-refractivity contribution >= 4 is 26.7 Å². The molecule has 0 saturated heterocycles. The predicted octanol–water partition coefficient (Wildman–Crippen LogP) is 3.26. The second kappa shape index (κ2) is 6.03. The number of nitrogens with zero attached hydrogens (tertiary/aromatic N) is 2. The molecule has 0 radical (unpaired) electrons. The molecule has 2 N–H and O–H groups in total. The normalized spacial score (nSPS) is 10.8. The van der Waals surface area contributed by atoms with Gasteiger partial charge in [0, 0.05) is 19.6 Å². The molecule has 3 rings (SSSR count). The van der Waals surface area contributed by atoms with Gasteiger partial charge in [0.05, 0.1) is 10.2 Å². The Kier molecular flexibility index (Phi) is 3.95. The molecule has 0 aliphatic heterocycles. The van der Waals surface area contributed by atoms with E-state index in [1.54, 1.807) is 11.3 Å². The fraction of sp³-hybridized carbons (Fsp3) is 0.188. The fourth-order valence-corrected chi connectivity index (χ4v) is 3.19. The Bertz CT molecular complexity index is 645. The van der Waals surface area contributed by atoms with Gasteiger partial charge in [-0.3, -0.25) is 0 Å². The van der Waals surface area contributed by atoms with Crippen LogP contribution in [0.2, 0.25) is 0 Å². The Labute approximate surface area is 122 Å². The third-order valence-electron chi connectivity index (χ3n) is 3.17. The molecular formula is C16H17N3S. The van der Waals surface area contributed by atoms with E-state index in [1.165, 1.54) is 10.3 Å². The molecule has 0 bridgehead atoms. The molecule has 4 heteroatoms. The zero-order valence-corrected chi connectivity index (χ0v) is 12.0. The summed E-state index contributed by atoms with van der Waals surface area (Å²) in [6.45, 7) is 2.29. The molecule has 0 amide bonds. The van der Waals surface area contributed by atoms with Crippen molar-refractivity contribution in [1.82, 2.24) is 4.98 Å². The van der Waals surface area contributed by atoms with Gasteiger partial charge in [-0.1, -0.05) is 53.8 Å². The van der Waals surface area contributed by atoms with E-state index in [9.17, 15) is 0 Å². The van der Waals surface area contributed by atoms with E-state index in [0.29, 0.717) is 6.54 Å². The molecule has 2 aromatic carbocycles. The maximum atomic E-state index is 5.75. The van der Waals surface area contributed by atoms with E-state index >= 15 is 0 Å². The number of fused-ring (bicyclic) bond motifs is 1. The highest BCUT2D eigenvalue weighted by Gasteiger charge is 2.11. The minimum absolute atomic E-state index is 0.628. The highest BCUT2D eigenvalue weighted by molar-refractivity contribution is 7.22. The van der Waals surface area contributed by atoms with Crippen molar-refractivity contribution in [3.63, 3.8) is 0 Å². The van der Waals surface area contributed by atoms with Crippen LogP contribution in [0.1, 0.15) is 5.56 Å². The Morgan fingerprint density at radius 3 is 2.50 bits per heavy atom. The summed E-state index contributed by atoms with van der Waals surface area (Å²) >= 11 is 1.72. The average Bonchev–Trinajstić information content (AvgIpc) is 2.92. The zero-order chi connectivity index (χ0) is 13.8. The highest BCUT2D eigenvalue weighted by Crippen LogP contribution is 2.29. The number of aromatic nitrogens is 1. The Morgan fingerprint density at radius 2 is 1.75 bits per heavy atom. The topological polar surface area (TPSA) is 42.1 Å². The molecular weight excluding hydrogens is 266 g/mol. The van der Waals surface area contributed by atoms with Crippen LogP contribution in [0.25, 0.3) is 10.2 Å². The van der Waals surface area contributed by atoms with Gasteiger partial charge in [-0.15, -0.1) is 0 Å². The maximum Gasteiger partial charge on any atom is 0.186 e. The lowest BCUT2D eigenvalue weighted by Crippen LogP contribution is -2.28. The summed E-state index contributed by atoms with van der Waals surface area (Å²) in [6, 6.07) is 18.7. The number of rotatable bonds is 5. The first-order valence-electron chi connectivity index (χ1n) is 6.71. The van der Waals surface area contributed by atoms with Crippen LogP contribution in [0.3, 0.4) is 0 Å². The van der Waals surface area contributed by atoms with E-state index in [4.69, 9.17) is 10.7 Å². The molecule has 0 unspecified atom stereocenters. The van der Waals surface area contributed by atoms with Crippen LogP contribution in [-0.4, -0.2) is 18.1 Å². The number of para-hydroxylation sites is 1. The molecule has 0 spiro atoms. The smallest absolute Gasteiger partial charge is 0.186 e. The van der Waals surface area contributed by atoms with Crippen LogP contribution in [0.15, 0.2) is 54.6 Å². The molecule has 3 nitrogen and oxygen atoms in total. The maximum absolute atomic E-state index is 5.75. The standard InChI is InChI=1S/C16H17N3S/c17-10-11-19(12-13-6-2-1-3-7-13)16-18-14-8-4-5-9-15(14)20-16/h1-9H,10-12,17H2. The predicted molar refractivity (Wildman–Crippen MR) is 86.2 cm³/mol. The van der Waals surface area contributed by atoms with Gasteiger partial charge in [0.1, 0.15) is 0 Å². The summed E-state index contributed by atoms with van der Waals surface area (Å²) in [4.78, 5) is 6.97. The van der Waals surface area contributed by atoms with Gasteiger partial charge in [0.2, 0.25) is 0 Å². The van der Waals surface area contributed by atoms with Crippen LogP contribution < -0.4 is 10.6 Å². The van der Waals surface area contributed by atoms with Gasteiger partial charge >= 0.3 is 0 Å². The first-order chi connectivity index (χ1) is 9.86. The number of nitrogens with two attached hydrogens (primary N) is 1. The number of anilines is 1. The van der Waals surface area contributed by atoms with Crippen molar-refractivity contribution in [2.45, 2.75) is 6.54 Å². The fourth-order valence-electron chi connectivity index (χ4n) is 2.20. The molecule has 0 aliphatic carbocycles. The summed E-state index contributed by atoms with van der Waals surface area (Å²) < 4.78 is 1.22. The van der Waals surface area contributed by atoms with Gasteiger partial charge in [-0.05, 0) is 17.7 Å². The summed E-state index contributed by atoms with van der Waals surface area (Å²) in [5.74, 6) is 0. The molecule has 0 fully saturated rings. The van der Waals surface area contributed by atoms with Gasteiger partial charge in [0.15, 0.2) is 5.13 Å². The summed E-state index contributed by atoms with van der Waals surface area (Å²) in [5, 5.41) is 1.04. The van der Waals surface area contributed by atoms with E-state index in [2.05, 4.69) is 47.4 Å². The summed E-state index contributed by atoms with van der Waals surface area (Å²) in [7, 11) is 0. The van der Waals surface area contributed by atoms with Crippen molar-refractivity contribution in [2.75, 3.05) is 18.0 Å². The Morgan fingerprint density at radius 1 is 1.00 bits per heavy atom. The SMILES string of the molecule is NCCN(Cc1ccccc1)c1nc2ccccc2s1. The van der Waals surface area contributed by atoms with Gasteiger partial charge in [-0.25, -0.2) is 4.98 Å². The monoisotopic (exact) mass is 283 g/mol. The molecule has 102 valence electrons. The average molecular weight is 283 g/mol. The zero-order valence-electron chi connectivity index (χ0n) is 11.2. The second-order valence-electron chi connectivity index (χ2n) is 4.66. The number of thiazole rings is 1. The lowest BCUT2D eigenvalue weighted by Gasteiger charge is -2.21. The molecule has 0 atom stereocenters. The molecule has 0 saturated carbocycles. The molecule has 1 aromatic heterocycles. The van der Waals surface area contributed by atoms with Crippen LogP contribution >= 0.6 is 11.3 Å². The summed E-state index contributed by atoms with van der Waals surface area (Å²) in [6.07, 6.45) is 0. The Balaban J connectivity index is 1.89. The van der Waals surface area contributed by atoms with E-state index in [1.807, 2.05) is 12.1 Å². The largest absolute Gasteiger partial charge is 0.342 e. The van der Waals surface area contributed by atoms with Crippen LogP contribution in [-0.2, 0) is 6.54 Å².